The van der Waals surface area contributed by atoms with E-state index in [-0.39, 0.29) is 69.5 Å². The van der Waals surface area contributed by atoms with E-state index in [1.165, 1.54) is 13.3 Å². The molecule has 2 aliphatic rings. The molecule has 2 aromatic carbocycles. The smallest absolute Gasteiger partial charge is 0.314 e. The summed E-state index contributed by atoms with van der Waals surface area (Å²) in [6, 6.07) is 12.7. The topological polar surface area (TPSA) is 150 Å². The van der Waals surface area contributed by atoms with E-state index in [1.54, 1.807) is 48.0 Å². The van der Waals surface area contributed by atoms with Crippen molar-refractivity contribution in [3.8, 4) is 22.9 Å². The van der Waals surface area contributed by atoms with Gasteiger partial charge >= 0.3 is 5.97 Å². The Morgan fingerprint density at radius 2 is 1.82 bits per heavy atom. The second-order valence-corrected chi connectivity index (χ2v) is 12.5. The summed E-state index contributed by atoms with van der Waals surface area (Å²) in [5, 5.41) is 10.2. The summed E-state index contributed by atoms with van der Waals surface area (Å²) in [7, 11) is 3.08. The van der Waals surface area contributed by atoms with Crippen LogP contribution in [0.15, 0.2) is 54.9 Å². The third kappa shape index (κ3) is 9.09. The number of benzene rings is 2. The largest absolute Gasteiger partial charge is 0.494 e. The molecule has 5 rings (SSSR count). The molecule has 49 heavy (non-hydrogen) atoms. The van der Waals surface area contributed by atoms with Gasteiger partial charge in [-0.2, -0.15) is 5.10 Å². The van der Waals surface area contributed by atoms with Gasteiger partial charge in [-0.05, 0) is 61.9 Å². The van der Waals surface area contributed by atoms with E-state index in [1.807, 2.05) is 24.3 Å². The van der Waals surface area contributed by atoms with Gasteiger partial charge in [0.25, 0.3) is 11.8 Å². The molecule has 13 heteroatoms. The third-order valence-corrected chi connectivity index (χ3v) is 8.82. The molecule has 2 N–H and O–H groups in total. The predicted molar refractivity (Wildman–Crippen MR) is 180 cm³/mol. The minimum Gasteiger partial charge on any atom is -0.494 e. The highest BCUT2D eigenvalue weighted by molar-refractivity contribution is 5.94. The minimum absolute atomic E-state index is 0.108. The zero-order chi connectivity index (χ0) is 34.8. The van der Waals surface area contributed by atoms with E-state index in [4.69, 9.17) is 18.9 Å². The molecule has 1 unspecified atom stereocenters. The average molecular weight is 676 g/mol. The molecule has 1 aliphatic carbocycles. The molecule has 1 fully saturated rings. The Morgan fingerprint density at radius 1 is 1.02 bits per heavy atom. The van der Waals surface area contributed by atoms with E-state index in [9.17, 15) is 19.2 Å². The number of hydrogen-bond acceptors (Lipinski definition) is 9. The van der Waals surface area contributed by atoms with Crippen molar-refractivity contribution in [3.63, 3.8) is 0 Å². The lowest BCUT2D eigenvalue weighted by Crippen LogP contribution is -2.46. The molecule has 3 amide bonds. The summed E-state index contributed by atoms with van der Waals surface area (Å²) < 4.78 is 24.0. The zero-order valence-electron chi connectivity index (χ0n) is 28.4. The van der Waals surface area contributed by atoms with Crippen LogP contribution in [-0.2, 0) is 25.5 Å². The van der Waals surface area contributed by atoms with Crippen molar-refractivity contribution in [1.82, 2.24) is 25.3 Å². The van der Waals surface area contributed by atoms with Gasteiger partial charge < -0.3 is 34.5 Å². The Balaban J connectivity index is 1.38. The van der Waals surface area contributed by atoms with Crippen LogP contribution < -0.4 is 24.8 Å². The highest BCUT2D eigenvalue weighted by Gasteiger charge is 2.45. The van der Waals surface area contributed by atoms with Crippen molar-refractivity contribution < 1.29 is 38.1 Å². The maximum Gasteiger partial charge on any atom is 0.314 e. The first-order valence-electron chi connectivity index (χ1n) is 16.7. The zero-order valence-corrected chi connectivity index (χ0v) is 28.4. The Bertz CT molecular complexity index is 1640. The molecule has 13 nitrogen and oxygen atoms in total. The van der Waals surface area contributed by atoms with Gasteiger partial charge in [-0.1, -0.05) is 31.0 Å². The SMILES string of the molecule is CCOC(=O)C1(CC2CC2)CNC(=O)CCCN(C(=O)c2cnn(-c3ccccc3OC)c2)CCNC(=O)COc2cc(ccc2OC)C1. The number of hydrogen-bond donors (Lipinski definition) is 2. The van der Waals surface area contributed by atoms with Crippen LogP contribution in [-0.4, -0.2) is 92.0 Å². The van der Waals surface area contributed by atoms with E-state index in [0.29, 0.717) is 53.7 Å². The van der Waals surface area contributed by atoms with Gasteiger partial charge in [0, 0.05) is 38.8 Å². The maximum absolute atomic E-state index is 13.7. The highest BCUT2D eigenvalue weighted by Crippen LogP contribution is 2.43. The first-order chi connectivity index (χ1) is 23.7. The highest BCUT2D eigenvalue weighted by atomic mass is 16.5. The van der Waals surface area contributed by atoms with Crippen molar-refractivity contribution in [2.75, 3.05) is 53.6 Å². The molecule has 2 heterocycles. The monoisotopic (exact) mass is 675 g/mol. The number of nitrogens with one attached hydrogen (secondary N) is 2. The molecule has 1 aliphatic heterocycles. The number of amides is 3. The lowest BCUT2D eigenvalue weighted by atomic mass is 9.76. The van der Waals surface area contributed by atoms with E-state index >= 15 is 0 Å². The van der Waals surface area contributed by atoms with Crippen molar-refractivity contribution >= 4 is 23.7 Å². The van der Waals surface area contributed by atoms with Gasteiger partial charge in [-0.3, -0.25) is 19.2 Å². The fourth-order valence-electron chi connectivity index (χ4n) is 6.12. The van der Waals surface area contributed by atoms with Gasteiger partial charge in [0.15, 0.2) is 18.1 Å². The summed E-state index contributed by atoms with van der Waals surface area (Å²) in [5.41, 5.74) is 0.822. The fraction of sp³-hybridized carbons (Fsp3) is 0.472. The molecule has 0 radical (unpaired) electrons. The van der Waals surface area contributed by atoms with Crippen LogP contribution in [0.1, 0.15) is 54.9 Å². The molecule has 262 valence electrons. The molecule has 3 aromatic rings. The molecular formula is C36H45N5O8. The Morgan fingerprint density at radius 3 is 2.57 bits per heavy atom. The van der Waals surface area contributed by atoms with Gasteiger partial charge in [-0.25, -0.2) is 4.68 Å². The lowest BCUT2D eigenvalue weighted by Gasteiger charge is -2.32. The third-order valence-electron chi connectivity index (χ3n) is 8.82. The Kier molecular flexibility index (Phi) is 11.8. The number of carbonyl (C=O) groups excluding carboxylic acids is 4. The number of aromatic nitrogens is 2. The molecule has 2 bridgehead atoms. The number of fused-ring (bicyclic) bond motifs is 2. The number of ether oxygens (including phenoxy) is 4. The average Bonchev–Trinajstić information content (AvgIpc) is 3.79. The van der Waals surface area contributed by atoms with Gasteiger partial charge in [0.1, 0.15) is 11.4 Å². The van der Waals surface area contributed by atoms with Crippen molar-refractivity contribution in [1.29, 1.82) is 0 Å². The predicted octanol–water partition coefficient (Wildman–Crippen LogP) is 3.33. The van der Waals surface area contributed by atoms with Crippen LogP contribution >= 0.6 is 0 Å². The van der Waals surface area contributed by atoms with Crippen LogP contribution in [0, 0.1) is 11.3 Å². The molecule has 0 spiro atoms. The van der Waals surface area contributed by atoms with Crippen LogP contribution in [0.5, 0.6) is 17.2 Å². The van der Waals surface area contributed by atoms with Crippen molar-refractivity contribution in [3.05, 3.63) is 66.0 Å². The van der Waals surface area contributed by atoms with Crippen LogP contribution in [0.2, 0.25) is 0 Å². The first kappa shape index (κ1) is 35.2. The quantitative estimate of drug-likeness (QED) is 0.343. The maximum atomic E-state index is 13.7. The summed E-state index contributed by atoms with van der Waals surface area (Å²) in [6.07, 6.45) is 6.52. The van der Waals surface area contributed by atoms with Crippen LogP contribution in [0.4, 0.5) is 0 Å². The second kappa shape index (κ2) is 16.4. The normalized spacial score (nSPS) is 19.4. The fourth-order valence-corrected chi connectivity index (χ4v) is 6.12. The van der Waals surface area contributed by atoms with E-state index in [0.717, 1.165) is 18.4 Å². The summed E-state index contributed by atoms with van der Waals surface area (Å²) in [6.45, 7) is 2.43. The van der Waals surface area contributed by atoms with Crippen molar-refractivity contribution in [2.45, 2.75) is 45.4 Å². The second-order valence-electron chi connectivity index (χ2n) is 12.5. The Labute approximate surface area is 286 Å². The Hall–Kier alpha value is -5.07. The summed E-state index contributed by atoms with van der Waals surface area (Å²) in [4.78, 5) is 55.0. The number of nitrogens with zero attached hydrogens (tertiary/aromatic N) is 3. The number of methoxy groups -OCH3 is 2. The van der Waals surface area contributed by atoms with Gasteiger partial charge in [0.2, 0.25) is 5.91 Å². The molecular weight excluding hydrogens is 630 g/mol. The molecule has 1 saturated carbocycles. The van der Waals surface area contributed by atoms with Crippen LogP contribution in [0.3, 0.4) is 0 Å². The molecule has 1 atom stereocenters. The van der Waals surface area contributed by atoms with E-state index in [2.05, 4.69) is 15.7 Å². The lowest BCUT2D eigenvalue weighted by molar-refractivity contribution is -0.156. The standard InChI is InChI=1S/C36H45N5O8/c1-4-48-35(45)36(19-25-11-12-25)20-26-13-14-30(47-3)31(18-26)49-23-33(43)37-15-17-40(16-7-10-32(42)38-24-36)34(44)27-21-39-41(22-27)28-8-5-6-9-29(28)46-2/h5-6,8-9,13-14,18,21-22,25H,4,7,10-12,15-17,19-20,23-24H2,1-3H3,(H,37,43)(H,38,42). The molecule has 1 aromatic heterocycles. The number of para-hydroxylation sites is 2. The first-order valence-corrected chi connectivity index (χ1v) is 16.7. The molecule has 0 saturated heterocycles. The van der Waals surface area contributed by atoms with E-state index < -0.39 is 5.41 Å². The van der Waals surface area contributed by atoms with Crippen LogP contribution in [0.25, 0.3) is 5.69 Å². The van der Waals surface area contributed by atoms with Crippen molar-refractivity contribution in [2.24, 2.45) is 11.3 Å². The number of rotatable bonds is 8. The van der Waals surface area contributed by atoms with Gasteiger partial charge in [0.05, 0.1) is 38.0 Å². The number of esters is 1. The van der Waals surface area contributed by atoms with Gasteiger partial charge in [-0.15, -0.1) is 0 Å². The summed E-state index contributed by atoms with van der Waals surface area (Å²) in [5.74, 6) is 0.498. The minimum atomic E-state index is -0.995. The number of carbonyl (C=O) groups is 4. The summed E-state index contributed by atoms with van der Waals surface area (Å²) >= 11 is 0.